The van der Waals surface area contributed by atoms with E-state index >= 15 is 0 Å². The van der Waals surface area contributed by atoms with Gasteiger partial charge in [-0.1, -0.05) is 33.8 Å². The Labute approximate surface area is 129 Å². The van der Waals surface area contributed by atoms with Crippen LogP contribution < -0.4 is 4.74 Å². The van der Waals surface area contributed by atoms with Crippen molar-refractivity contribution >= 4 is 33.3 Å². The Morgan fingerprint density at radius 2 is 2.15 bits per heavy atom. The summed E-state index contributed by atoms with van der Waals surface area (Å²) in [7, 11) is 1.67. The summed E-state index contributed by atoms with van der Waals surface area (Å²) >= 11 is 5.21. The Bertz CT molecular complexity index is 744. The third-order valence-corrected chi connectivity index (χ3v) is 4.66. The van der Waals surface area contributed by atoms with Crippen LogP contribution >= 0.6 is 27.7 Å². The predicted molar refractivity (Wildman–Crippen MR) is 83.2 cm³/mol. The summed E-state index contributed by atoms with van der Waals surface area (Å²) in [5.74, 6) is 1.66. The van der Waals surface area contributed by atoms with E-state index in [0.717, 1.165) is 26.8 Å². The highest BCUT2D eigenvalue weighted by molar-refractivity contribution is 9.10. The Morgan fingerprint density at radius 3 is 3.00 bits per heavy atom. The zero-order chi connectivity index (χ0) is 13.9. The molecule has 0 unspecified atom stereocenters. The second kappa shape index (κ2) is 5.85. The Hall–Kier alpha value is -1.53. The van der Waals surface area contributed by atoms with E-state index in [1.54, 1.807) is 18.9 Å². The lowest BCUT2D eigenvalue weighted by Gasteiger charge is -2.06. The summed E-state index contributed by atoms with van der Waals surface area (Å²) in [6.07, 6.45) is 1.97. The van der Waals surface area contributed by atoms with E-state index in [-0.39, 0.29) is 0 Å². The summed E-state index contributed by atoms with van der Waals surface area (Å²) in [6.45, 7) is 0. The van der Waals surface area contributed by atoms with E-state index in [1.807, 2.05) is 47.0 Å². The van der Waals surface area contributed by atoms with E-state index in [4.69, 9.17) is 4.74 Å². The van der Waals surface area contributed by atoms with Crippen molar-refractivity contribution < 1.29 is 4.74 Å². The van der Waals surface area contributed by atoms with Crippen LogP contribution in [-0.2, 0) is 5.75 Å². The van der Waals surface area contributed by atoms with Crippen molar-refractivity contribution in [2.75, 3.05) is 7.11 Å². The lowest BCUT2D eigenvalue weighted by atomic mass is 10.2. The number of pyridine rings is 1. The molecule has 1 aromatic carbocycles. The third kappa shape index (κ3) is 2.66. The van der Waals surface area contributed by atoms with Crippen LogP contribution in [-0.4, -0.2) is 21.7 Å². The van der Waals surface area contributed by atoms with Gasteiger partial charge in [0, 0.05) is 16.4 Å². The molecule has 3 rings (SSSR count). The first kappa shape index (κ1) is 13.5. The highest BCUT2D eigenvalue weighted by Crippen LogP contribution is 2.29. The fourth-order valence-electron chi connectivity index (χ4n) is 1.85. The van der Waals surface area contributed by atoms with E-state index in [1.165, 1.54) is 5.56 Å². The van der Waals surface area contributed by atoms with Gasteiger partial charge in [0.1, 0.15) is 5.75 Å². The molecule has 0 aliphatic carbocycles. The molecule has 0 atom stereocenters. The molecular formula is C14H12BrN3OS. The molecule has 0 saturated heterocycles. The maximum absolute atomic E-state index is 5.25. The summed E-state index contributed by atoms with van der Waals surface area (Å²) in [5, 5.41) is 9.24. The standard InChI is InChI=1S/C14H12BrN3OS/c1-19-11-5-6-12(15)10(8-11)9-20-14-17-16-13-4-2-3-7-18(13)14/h2-8H,9H2,1H3. The number of hydrogen-bond acceptors (Lipinski definition) is 4. The topological polar surface area (TPSA) is 39.4 Å². The van der Waals surface area contributed by atoms with Crippen molar-refractivity contribution in [1.29, 1.82) is 0 Å². The van der Waals surface area contributed by atoms with E-state index in [0.29, 0.717) is 0 Å². The molecule has 4 nitrogen and oxygen atoms in total. The SMILES string of the molecule is COc1ccc(Br)c(CSc2nnc3ccccn23)c1. The molecule has 6 heteroatoms. The Kier molecular flexibility index (Phi) is 3.93. The minimum absolute atomic E-state index is 0.799. The monoisotopic (exact) mass is 349 g/mol. The summed E-state index contributed by atoms with van der Waals surface area (Å²) in [4.78, 5) is 0. The van der Waals surface area contributed by atoms with Crippen LogP contribution in [0.5, 0.6) is 5.75 Å². The number of nitrogens with zero attached hydrogens (tertiary/aromatic N) is 3. The number of aromatic nitrogens is 3. The van der Waals surface area contributed by atoms with Gasteiger partial charge < -0.3 is 4.74 Å². The van der Waals surface area contributed by atoms with Crippen LogP contribution in [0.1, 0.15) is 5.56 Å². The molecule has 2 aromatic heterocycles. The molecule has 0 fully saturated rings. The van der Waals surface area contributed by atoms with Gasteiger partial charge in [-0.25, -0.2) is 0 Å². The highest BCUT2D eigenvalue weighted by atomic mass is 79.9. The van der Waals surface area contributed by atoms with Crippen LogP contribution in [0, 0.1) is 0 Å². The molecule has 20 heavy (non-hydrogen) atoms. The molecule has 0 saturated carbocycles. The van der Waals surface area contributed by atoms with Crippen molar-refractivity contribution in [3.63, 3.8) is 0 Å². The molecule has 0 bridgehead atoms. The summed E-state index contributed by atoms with van der Waals surface area (Å²) < 4.78 is 8.31. The number of methoxy groups -OCH3 is 1. The normalized spacial score (nSPS) is 10.9. The molecule has 0 N–H and O–H groups in total. The largest absolute Gasteiger partial charge is 0.497 e. The van der Waals surface area contributed by atoms with Crippen LogP contribution in [0.2, 0.25) is 0 Å². The van der Waals surface area contributed by atoms with Crippen LogP contribution in [0.4, 0.5) is 0 Å². The molecule has 2 heterocycles. The minimum Gasteiger partial charge on any atom is -0.497 e. The molecule has 3 aromatic rings. The Morgan fingerprint density at radius 1 is 1.25 bits per heavy atom. The third-order valence-electron chi connectivity index (χ3n) is 2.89. The summed E-state index contributed by atoms with van der Waals surface area (Å²) in [5.41, 5.74) is 2.03. The second-order valence-electron chi connectivity index (χ2n) is 4.16. The molecule has 0 amide bonds. The number of hydrogen-bond donors (Lipinski definition) is 0. The fraction of sp³-hybridized carbons (Fsp3) is 0.143. The van der Waals surface area contributed by atoms with E-state index < -0.39 is 0 Å². The molecule has 0 aliphatic rings. The quantitative estimate of drug-likeness (QED) is 0.671. The zero-order valence-electron chi connectivity index (χ0n) is 10.8. The number of fused-ring (bicyclic) bond motifs is 1. The maximum Gasteiger partial charge on any atom is 0.195 e. The van der Waals surface area contributed by atoms with Crippen molar-refractivity contribution in [3.8, 4) is 5.75 Å². The van der Waals surface area contributed by atoms with Gasteiger partial charge in [-0.2, -0.15) is 0 Å². The number of ether oxygens (including phenoxy) is 1. The number of halogens is 1. The van der Waals surface area contributed by atoms with Gasteiger partial charge in [0.2, 0.25) is 0 Å². The second-order valence-corrected chi connectivity index (χ2v) is 5.95. The smallest absolute Gasteiger partial charge is 0.195 e. The summed E-state index contributed by atoms with van der Waals surface area (Å²) in [6, 6.07) is 11.8. The average Bonchev–Trinajstić information content (AvgIpc) is 2.90. The van der Waals surface area contributed by atoms with Gasteiger partial charge >= 0.3 is 0 Å². The predicted octanol–water partition coefficient (Wildman–Crippen LogP) is 3.79. The maximum atomic E-state index is 5.25. The van der Waals surface area contributed by atoms with Crippen molar-refractivity contribution in [3.05, 3.63) is 52.6 Å². The molecular weight excluding hydrogens is 338 g/mol. The van der Waals surface area contributed by atoms with Gasteiger partial charge in [-0.3, -0.25) is 4.40 Å². The first-order valence-corrected chi connectivity index (χ1v) is 7.81. The van der Waals surface area contributed by atoms with Gasteiger partial charge in [0.05, 0.1) is 7.11 Å². The number of rotatable bonds is 4. The molecule has 0 radical (unpaired) electrons. The van der Waals surface area contributed by atoms with Crippen LogP contribution in [0.15, 0.2) is 52.2 Å². The van der Waals surface area contributed by atoms with E-state index in [9.17, 15) is 0 Å². The van der Waals surface area contributed by atoms with Crippen molar-refractivity contribution in [2.24, 2.45) is 0 Å². The zero-order valence-corrected chi connectivity index (χ0v) is 13.2. The van der Waals surface area contributed by atoms with E-state index in [2.05, 4.69) is 26.1 Å². The minimum atomic E-state index is 0.799. The van der Waals surface area contributed by atoms with Crippen LogP contribution in [0.3, 0.4) is 0 Å². The molecule has 0 aliphatic heterocycles. The lowest BCUT2D eigenvalue weighted by molar-refractivity contribution is 0.414. The fourth-order valence-corrected chi connectivity index (χ4v) is 3.34. The Balaban J connectivity index is 1.83. The van der Waals surface area contributed by atoms with Crippen molar-refractivity contribution in [1.82, 2.24) is 14.6 Å². The lowest BCUT2D eigenvalue weighted by Crippen LogP contribution is -1.90. The van der Waals surface area contributed by atoms with Gasteiger partial charge in [0.25, 0.3) is 0 Å². The van der Waals surface area contributed by atoms with Gasteiger partial charge in [0.15, 0.2) is 10.8 Å². The van der Waals surface area contributed by atoms with Crippen molar-refractivity contribution in [2.45, 2.75) is 10.9 Å². The van der Waals surface area contributed by atoms with Gasteiger partial charge in [-0.05, 0) is 35.9 Å². The number of benzene rings is 1. The molecule has 0 spiro atoms. The molecule has 102 valence electrons. The first-order valence-electron chi connectivity index (χ1n) is 6.03. The highest BCUT2D eigenvalue weighted by Gasteiger charge is 2.08. The first-order chi connectivity index (χ1) is 9.78. The van der Waals surface area contributed by atoms with Gasteiger partial charge in [-0.15, -0.1) is 10.2 Å². The number of thioether (sulfide) groups is 1. The average molecular weight is 350 g/mol. The van der Waals surface area contributed by atoms with Crippen LogP contribution in [0.25, 0.3) is 5.65 Å².